The number of para-hydroxylation sites is 1. The molecule has 2 aromatic heterocycles. The van der Waals surface area contributed by atoms with Gasteiger partial charge in [-0.1, -0.05) is 18.2 Å². The van der Waals surface area contributed by atoms with Crippen molar-refractivity contribution in [1.29, 1.82) is 0 Å². The van der Waals surface area contributed by atoms with E-state index in [1.807, 2.05) is 17.0 Å². The van der Waals surface area contributed by atoms with E-state index in [0.29, 0.717) is 23.4 Å². The van der Waals surface area contributed by atoms with E-state index >= 15 is 0 Å². The van der Waals surface area contributed by atoms with Gasteiger partial charge in [-0.3, -0.25) is 14.7 Å². The molecule has 134 valence electrons. The van der Waals surface area contributed by atoms with E-state index in [0.717, 1.165) is 18.5 Å². The van der Waals surface area contributed by atoms with E-state index in [1.165, 1.54) is 10.6 Å². The summed E-state index contributed by atoms with van der Waals surface area (Å²) >= 11 is 0. The number of fused-ring (bicyclic) bond motifs is 1. The lowest BCUT2D eigenvalue weighted by molar-refractivity contribution is -0.131. The molecule has 26 heavy (non-hydrogen) atoms. The van der Waals surface area contributed by atoms with Crippen molar-refractivity contribution in [1.82, 2.24) is 19.5 Å². The first-order valence-corrected chi connectivity index (χ1v) is 8.68. The van der Waals surface area contributed by atoms with Gasteiger partial charge in [-0.05, 0) is 25.8 Å². The van der Waals surface area contributed by atoms with Crippen LogP contribution in [0.4, 0.5) is 0 Å². The van der Waals surface area contributed by atoms with Gasteiger partial charge in [0.1, 0.15) is 5.75 Å². The summed E-state index contributed by atoms with van der Waals surface area (Å²) in [6.07, 6.45) is 1.88. The van der Waals surface area contributed by atoms with Crippen molar-refractivity contribution in [3.05, 3.63) is 63.7 Å². The standard InChI is InChI=1S/C19H20N4O3/c1-12-9-19(26)23-17(20-12)11-14(21-23)15-6-4-8-22(15)18(25)10-13-5-2-3-7-16(13)24/h2-3,5,7,9,11,15,21,24H,4,6,8,10H2,1H3/t15-/m1/s1. The third-order valence-electron chi connectivity index (χ3n) is 4.86. The number of aromatic hydroxyl groups is 1. The number of nitrogens with one attached hydrogen (secondary N) is 1. The zero-order chi connectivity index (χ0) is 18.3. The topological polar surface area (TPSA) is 90.7 Å². The molecule has 1 saturated heterocycles. The Morgan fingerprint density at radius 1 is 1.35 bits per heavy atom. The van der Waals surface area contributed by atoms with Crippen molar-refractivity contribution in [2.75, 3.05) is 6.54 Å². The van der Waals surface area contributed by atoms with Gasteiger partial charge < -0.3 is 10.0 Å². The predicted octanol–water partition coefficient (Wildman–Crippen LogP) is 1.94. The minimum atomic E-state index is -0.163. The second-order valence-electron chi connectivity index (χ2n) is 6.69. The maximum Gasteiger partial charge on any atom is 0.272 e. The van der Waals surface area contributed by atoms with Gasteiger partial charge in [-0.25, -0.2) is 9.50 Å². The molecule has 1 atom stereocenters. The quantitative estimate of drug-likeness (QED) is 0.754. The Labute approximate surface area is 149 Å². The molecule has 1 aromatic carbocycles. The van der Waals surface area contributed by atoms with Crippen molar-refractivity contribution < 1.29 is 9.90 Å². The second kappa shape index (κ2) is 6.33. The minimum absolute atomic E-state index is 0.0378. The van der Waals surface area contributed by atoms with Crippen LogP contribution in [0.3, 0.4) is 0 Å². The average molecular weight is 352 g/mol. The molecule has 7 nitrogen and oxygen atoms in total. The lowest BCUT2D eigenvalue weighted by atomic mass is 10.1. The summed E-state index contributed by atoms with van der Waals surface area (Å²) in [5.41, 5.74) is 2.49. The van der Waals surface area contributed by atoms with Crippen molar-refractivity contribution >= 4 is 11.6 Å². The summed E-state index contributed by atoms with van der Waals surface area (Å²) in [6, 6.07) is 10.1. The normalized spacial score (nSPS) is 17.1. The van der Waals surface area contributed by atoms with Crippen LogP contribution in [0.1, 0.15) is 35.8 Å². The van der Waals surface area contributed by atoms with Crippen LogP contribution >= 0.6 is 0 Å². The fraction of sp³-hybridized carbons (Fsp3) is 0.316. The third kappa shape index (κ3) is 2.85. The highest BCUT2D eigenvalue weighted by Gasteiger charge is 2.31. The Morgan fingerprint density at radius 3 is 2.96 bits per heavy atom. The number of phenolic OH excluding ortho intramolecular Hbond substituents is 1. The number of aromatic nitrogens is 3. The molecule has 1 aliphatic heterocycles. The smallest absolute Gasteiger partial charge is 0.272 e. The van der Waals surface area contributed by atoms with Gasteiger partial charge in [0.2, 0.25) is 5.91 Å². The number of carbonyl (C=O) groups is 1. The van der Waals surface area contributed by atoms with E-state index in [2.05, 4.69) is 10.1 Å². The van der Waals surface area contributed by atoms with Crippen molar-refractivity contribution in [2.24, 2.45) is 0 Å². The number of aromatic amines is 1. The van der Waals surface area contributed by atoms with Crippen LogP contribution in [-0.2, 0) is 11.2 Å². The lowest BCUT2D eigenvalue weighted by Gasteiger charge is -2.24. The van der Waals surface area contributed by atoms with E-state index < -0.39 is 0 Å². The summed E-state index contributed by atoms with van der Waals surface area (Å²) in [4.78, 5) is 31.1. The number of rotatable bonds is 3. The second-order valence-corrected chi connectivity index (χ2v) is 6.69. The van der Waals surface area contributed by atoms with Crippen molar-refractivity contribution in [3.63, 3.8) is 0 Å². The molecule has 0 unspecified atom stereocenters. The Morgan fingerprint density at radius 2 is 2.15 bits per heavy atom. The van der Waals surface area contributed by atoms with Crippen LogP contribution in [0.25, 0.3) is 5.65 Å². The number of hydrogen-bond acceptors (Lipinski definition) is 4. The van der Waals surface area contributed by atoms with Crippen LogP contribution in [0.15, 0.2) is 41.2 Å². The summed E-state index contributed by atoms with van der Waals surface area (Å²) in [5, 5.41) is 13.0. The first-order chi connectivity index (χ1) is 12.5. The number of aryl methyl sites for hydroxylation is 1. The molecule has 1 fully saturated rings. The number of benzene rings is 1. The molecule has 0 spiro atoms. The number of hydrogen-bond donors (Lipinski definition) is 2. The number of phenols is 1. The molecule has 3 aromatic rings. The van der Waals surface area contributed by atoms with Gasteiger partial charge >= 0.3 is 0 Å². The van der Waals surface area contributed by atoms with Crippen LogP contribution in [-0.4, -0.2) is 37.1 Å². The van der Waals surface area contributed by atoms with Crippen LogP contribution in [0.2, 0.25) is 0 Å². The minimum Gasteiger partial charge on any atom is -0.508 e. The van der Waals surface area contributed by atoms with Crippen LogP contribution < -0.4 is 5.56 Å². The number of likely N-dealkylation sites (tertiary alicyclic amines) is 1. The number of carbonyl (C=O) groups excluding carboxylic acids is 1. The maximum atomic E-state index is 12.8. The SMILES string of the molecule is Cc1cc(=O)n2[nH]c([C@H]3CCCN3C(=O)Cc3ccccc3O)cc2n1. The zero-order valence-corrected chi connectivity index (χ0v) is 14.5. The fourth-order valence-corrected chi connectivity index (χ4v) is 3.61. The Bertz CT molecular complexity index is 1040. The molecular formula is C19H20N4O3. The number of H-pyrrole nitrogens is 1. The lowest BCUT2D eigenvalue weighted by Crippen LogP contribution is -2.32. The molecule has 7 heteroatoms. The molecule has 1 aliphatic rings. The van der Waals surface area contributed by atoms with Gasteiger partial charge in [-0.15, -0.1) is 0 Å². The van der Waals surface area contributed by atoms with E-state index in [4.69, 9.17) is 0 Å². The summed E-state index contributed by atoms with van der Waals surface area (Å²) in [7, 11) is 0. The third-order valence-corrected chi connectivity index (χ3v) is 4.86. The van der Waals surface area contributed by atoms with Gasteiger partial charge in [0.15, 0.2) is 5.65 Å². The van der Waals surface area contributed by atoms with Crippen LogP contribution in [0.5, 0.6) is 5.75 Å². The van der Waals surface area contributed by atoms with Crippen molar-refractivity contribution in [3.8, 4) is 5.75 Å². The van der Waals surface area contributed by atoms with E-state index in [1.54, 1.807) is 25.1 Å². The molecule has 0 bridgehead atoms. The molecule has 4 rings (SSSR count). The first kappa shape index (κ1) is 16.4. The zero-order valence-electron chi connectivity index (χ0n) is 14.5. The summed E-state index contributed by atoms with van der Waals surface area (Å²) < 4.78 is 1.41. The largest absolute Gasteiger partial charge is 0.508 e. The van der Waals surface area contributed by atoms with E-state index in [-0.39, 0.29) is 29.7 Å². The van der Waals surface area contributed by atoms with Crippen molar-refractivity contribution in [2.45, 2.75) is 32.2 Å². The molecule has 0 aliphatic carbocycles. The molecule has 2 N–H and O–H groups in total. The highest BCUT2D eigenvalue weighted by Crippen LogP contribution is 2.32. The Hall–Kier alpha value is -3.09. The monoisotopic (exact) mass is 352 g/mol. The summed E-state index contributed by atoms with van der Waals surface area (Å²) in [6.45, 7) is 2.44. The van der Waals surface area contributed by atoms with E-state index in [9.17, 15) is 14.7 Å². The molecule has 0 saturated carbocycles. The fourth-order valence-electron chi connectivity index (χ4n) is 3.61. The Balaban J connectivity index is 1.62. The van der Waals surface area contributed by atoms with Gasteiger partial charge in [0, 0.05) is 29.9 Å². The average Bonchev–Trinajstić information content (AvgIpc) is 3.23. The number of nitrogens with zero attached hydrogens (tertiary/aromatic N) is 3. The highest BCUT2D eigenvalue weighted by molar-refractivity contribution is 5.80. The van der Waals surface area contributed by atoms with Gasteiger partial charge in [-0.2, -0.15) is 0 Å². The highest BCUT2D eigenvalue weighted by atomic mass is 16.3. The maximum absolute atomic E-state index is 12.8. The number of amides is 1. The predicted molar refractivity (Wildman–Crippen MR) is 96.0 cm³/mol. The molecule has 1 amide bonds. The van der Waals surface area contributed by atoms with Gasteiger partial charge in [0.05, 0.1) is 18.2 Å². The molecule has 3 heterocycles. The molecular weight excluding hydrogens is 332 g/mol. The van der Waals surface area contributed by atoms with Gasteiger partial charge in [0.25, 0.3) is 5.56 Å². The first-order valence-electron chi connectivity index (χ1n) is 8.68. The molecule has 0 radical (unpaired) electrons. The van der Waals surface area contributed by atoms with Crippen LogP contribution in [0, 0.1) is 6.92 Å². The Kier molecular flexibility index (Phi) is 3.99. The summed E-state index contributed by atoms with van der Waals surface area (Å²) in [5.74, 6) is 0.0950.